The van der Waals surface area contributed by atoms with E-state index in [0.717, 1.165) is 22.3 Å². The molecule has 4 aliphatic heterocycles. The van der Waals surface area contributed by atoms with Gasteiger partial charge in [0.25, 0.3) is 0 Å². The first-order valence-electron chi connectivity index (χ1n) is 14.2. The number of rotatable bonds is 5. The molecule has 2 aromatic rings. The van der Waals surface area contributed by atoms with Crippen molar-refractivity contribution >= 4 is 11.9 Å². The van der Waals surface area contributed by atoms with Crippen LogP contribution in [0.3, 0.4) is 0 Å². The lowest BCUT2D eigenvalue weighted by Gasteiger charge is -2.60. The van der Waals surface area contributed by atoms with Gasteiger partial charge in [-0.3, -0.25) is 19.4 Å². The van der Waals surface area contributed by atoms with Crippen molar-refractivity contribution in [3.05, 3.63) is 51.6 Å². The molecule has 6 rings (SSSR count). The van der Waals surface area contributed by atoms with E-state index in [1.165, 1.54) is 20.1 Å². The van der Waals surface area contributed by atoms with E-state index in [1.807, 2.05) is 31.9 Å². The summed E-state index contributed by atoms with van der Waals surface area (Å²) in [5, 5.41) is 26.6. The molecule has 11 nitrogen and oxygen atoms in total. The Morgan fingerprint density at radius 2 is 1.88 bits per heavy atom. The van der Waals surface area contributed by atoms with Gasteiger partial charge in [-0.25, -0.2) is 0 Å². The van der Waals surface area contributed by atoms with Gasteiger partial charge in [0.2, 0.25) is 12.7 Å². The fourth-order valence-electron chi connectivity index (χ4n) is 7.53. The molecule has 2 bridgehead atoms. The summed E-state index contributed by atoms with van der Waals surface area (Å²) in [6.45, 7) is 7.00. The van der Waals surface area contributed by atoms with Crippen LogP contribution < -0.4 is 24.3 Å². The number of fused-ring (bicyclic) bond motifs is 9. The number of hydrogen-bond acceptors (Lipinski definition) is 10. The Morgan fingerprint density at radius 1 is 1.14 bits per heavy atom. The van der Waals surface area contributed by atoms with E-state index >= 15 is 0 Å². The van der Waals surface area contributed by atoms with Crippen molar-refractivity contribution < 1.29 is 38.7 Å². The second-order valence-electron chi connectivity index (χ2n) is 11.4. The molecule has 4 aliphatic rings. The maximum absolute atomic E-state index is 12.6. The molecule has 2 aromatic carbocycles. The lowest BCUT2D eigenvalue weighted by atomic mass is 9.73. The Balaban J connectivity index is 1.58. The number of nitrogens with one attached hydrogen (secondary N) is 1. The van der Waals surface area contributed by atoms with Crippen LogP contribution in [0.4, 0.5) is 0 Å². The number of aromatic hydroxyl groups is 1. The molecule has 1 saturated heterocycles. The predicted molar refractivity (Wildman–Crippen MR) is 152 cm³/mol. The van der Waals surface area contributed by atoms with E-state index < -0.39 is 18.2 Å². The number of methoxy groups -OCH3 is 1. The first kappa shape index (κ1) is 28.3. The molecule has 1 fully saturated rings. The number of esters is 1. The number of piperazine rings is 1. The SMILES string of the molecule is C/C=C/C(=O)NC[C@H]1c2c(c(OC(C)=O)c(C)c3c2OCO3)CC2[C@H]3c4c(cc(C)c(OC)c4O)C[C@@H](C(O)N21)N3C. The van der Waals surface area contributed by atoms with Crippen LogP contribution in [0.1, 0.15) is 59.3 Å². The molecule has 0 saturated carbocycles. The zero-order valence-electron chi connectivity index (χ0n) is 24.7. The normalized spacial score (nSPS) is 25.9. The quantitative estimate of drug-likeness (QED) is 0.276. The number of amides is 1. The highest BCUT2D eigenvalue weighted by atomic mass is 16.7. The zero-order valence-corrected chi connectivity index (χ0v) is 24.7. The third kappa shape index (κ3) is 4.13. The Hall–Kier alpha value is -3.80. The van der Waals surface area contributed by atoms with Gasteiger partial charge in [0.1, 0.15) is 12.0 Å². The summed E-state index contributed by atoms with van der Waals surface area (Å²) in [4.78, 5) is 29.1. The van der Waals surface area contributed by atoms with Gasteiger partial charge in [-0.05, 0) is 57.9 Å². The van der Waals surface area contributed by atoms with Gasteiger partial charge in [-0.15, -0.1) is 0 Å². The third-order valence-electron chi connectivity index (χ3n) is 9.13. The lowest BCUT2D eigenvalue weighted by molar-refractivity contribution is -0.172. The van der Waals surface area contributed by atoms with Crippen molar-refractivity contribution in [3.8, 4) is 28.7 Å². The average Bonchev–Trinajstić information content (AvgIpc) is 3.43. The smallest absolute Gasteiger partial charge is 0.308 e. The van der Waals surface area contributed by atoms with Crippen LogP contribution in [0.5, 0.6) is 28.7 Å². The second kappa shape index (κ2) is 10.5. The summed E-state index contributed by atoms with van der Waals surface area (Å²) < 4.78 is 23.3. The molecular weight excluding hydrogens is 542 g/mol. The fourth-order valence-corrected chi connectivity index (χ4v) is 7.53. The number of carbonyl (C=O) groups is 2. The minimum atomic E-state index is -0.915. The molecule has 11 heteroatoms. The largest absolute Gasteiger partial charge is 0.504 e. The number of nitrogens with zero attached hydrogens (tertiary/aromatic N) is 2. The number of benzene rings is 2. The number of likely N-dealkylation sites (N-methyl/N-ethyl adjacent to an activating group) is 1. The summed E-state index contributed by atoms with van der Waals surface area (Å²) in [7, 11) is 3.50. The van der Waals surface area contributed by atoms with Gasteiger partial charge >= 0.3 is 5.97 Å². The molecule has 0 spiro atoms. The van der Waals surface area contributed by atoms with Crippen molar-refractivity contribution in [1.29, 1.82) is 0 Å². The van der Waals surface area contributed by atoms with Gasteiger partial charge in [-0.1, -0.05) is 12.1 Å². The highest BCUT2D eigenvalue weighted by Crippen LogP contribution is 2.58. The number of phenols is 1. The van der Waals surface area contributed by atoms with Crippen LogP contribution in [0, 0.1) is 13.8 Å². The Labute approximate surface area is 244 Å². The van der Waals surface area contributed by atoms with E-state index in [2.05, 4.69) is 10.2 Å². The average molecular weight is 580 g/mol. The molecule has 42 heavy (non-hydrogen) atoms. The first-order valence-corrected chi connectivity index (χ1v) is 14.2. The van der Waals surface area contributed by atoms with E-state index in [0.29, 0.717) is 47.0 Å². The maximum atomic E-state index is 12.6. The molecule has 4 heterocycles. The van der Waals surface area contributed by atoms with Crippen molar-refractivity contribution in [2.75, 3.05) is 27.5 Å². The van der Waals surface area contributed by atoms with Crippen molar-refractivity contribution in [3.63, 3.8) is 0 Å². The highest BCUT2D eigenvalue weighted by Gasteiger charge is 2.56. The van der Waals surface area contributed by atoms with Gasteiger partial charge in [0.15, 0.2) is 23.0 Å². The number of allylic oxidation sites excluding steroid dienone is 1. The Kier molecular flexibility index (Phi) is 7.07. The fraction of sp³-hybridized carbons (Fsp3) is 0.484. The summed E-state index contributed by atoms with van der Waals surface area (Å²) in [5.41, 5.74) is 4.65. The van der Waals surface area contributed by atoms with E-state index in [-0.39, 0.29) is 43.1 Å². The van der Waals surface area contributed by atoms with Gasteiger partial charge < -0.3 is 34.5 Å². The second-order valence-corrected chi connectivity index (χ2v) is 11.4. The molecule has 224 valence electrons. The number of aliphatic hydroxyl groups is 1. The molecule has 2 unspecified atom stereocenters. The number of aliphatic hydroxyl groups excluding tert-OH is 1. The van der Waals surface area contributed by atoms with Crippen LogP contribution in [0.15, 0.2) is 18.2 Å². The van der Waals surface area contributed by atoms with Crippen molar-refractivity contribution in [1.82, 2.24) is 15.1 Å². The summed E-state index contributed by atoms with van der Waals surface area (Å²) in [6.07, 6.45) is 3.08. The topological polar surface area (TPSA) is 130 Å². The number of aryl methyl sites for hydroxylation is 1. The van der Waals surface area contributed by atoms with Crippen LogP contribution >= 0.6 is 0 Å². The summed E-state index contributed by atoms with van der Waals surface area (Å²) in [6, 6.07) is 0.479. The molecular formula is C31H37N3O8. The first-order chi connectivity index (χ1) is 20.1. The molecule has 0 aliphatic carbocycles. The van der Waals surface area contributed by atoms with E-state index in [4.69, 9.17) is 18.9 Å². The van der Waals surface area contributed by atoms with Crippen LogP contribution in [0.2, 0.25) is 0 Å². The minimum absolute atomic E-state index is 0.00412. The highest BCUT2D eigenvalue weighted by molar-refractivity contribution is 5.87. The van der Waals surface area contributed by atoms with E-state index in [9.17, 15) is 19.8 Å². The minimum Gasteiger partial charge on any atom is -0.504 e. The van der Waals surface area contributed by atoms with Gasteiger partial charge in [0, 0.05) is 41.8 Å². The van der Waals surface area contributed by atoms with Crippen LogP contribution in [-0.2, 0) is 22.4 Å². The number of hydrogen-bond donors (Lipinski definition) is 3. The Bertz CT molecular complexity index is 1500. The molecule has 0 radical (unpaired) electrons. The summed E-state index contributed by atoms with van der Waals surface area (Å²) >= 11 is 0. The lowest BCUT2D eigenvalue weighted by Crippen LogP contribution is -2.69. The van der Waals surface area contributed by atoms with Gasteiger partial charge in [0.05, 0.1) is 25.2 Å². The van der Waals surface area contributed by atoms with Crippen molar-refractivity contribution in [2.45, 2.75) is 70.9 Å². The molecule has 5 atom stereocenters. The van der Waals surface area contributed by atoms with Crippen LogP contribution in [0.25, 0.3) is 0 Å². The maximum Gasteiger partial charge on any atom is 0.308 e. The van der Waals surface area contributed by atoms with Crippen LogP contribution in [-0.4, -0.2) is 77.7 Å². The number of ether oxygens (including phenoxy) is 4. The number of carbonyl (C=O) groups excluding carboxylic acids is 2. The van der Waals surface area contributed by atoms with Gasteiger partial charge in [-0.2, -0.15) is 0 Å². The van der Waals surface area contributed by atoms with Crippen molar-refractivity contribution in [2.24, 2.45) is 0 Å². The predicted octanol–water partition coefficient (Wildman–Crippen LogP) is 2.56. The molecule has 0 aromatic heterocycles. The Morgan fingerprint density at radius 3 is 2.57 bits per heavy atom. The monoisotopic (exact) mass is 579 g/mol. The molecule has 3 N–H and O–H groups in total. The third-order valence-corrected chi connectivity index (χ3v) is 9.13. The summed E-state index contributed by atoms with van der Waals surface area (Å²) in [5.74, 6) is 1.18. The number of phenolic OH excluding ortho intramolecular Hbond substituents is 1. The standard InChI is InChI=1S/C31H37N3O8/c1-7-8-22(36)32-12-21-24-18(28(42-16(4)35)15(3)29-30(24)41-13-40-29)11-19-25-23-17(9-14(2)27(39-6)26(23)37)10-20(33(25)5)31(38)34(19)21/h7-9,19-21,25,31,37-38H,10-13H2,1-6H3,(H,32,36)/b8-7+/t19?,20-,21-,25-,31?/m0/s1. The van der Waals surface area contributed by atoms with E-state index in [1.54, 1.807) is 13.0 Å². The molecule has 1 amide bonds. The zero-order chi connectivity index (χ0) is 30.0.